The van der Waals surface area contributed by atoms with Crippen LogP contribution < -0.4 is 9.64 Å². The highest BCUT2D eigenvalue weighted by Crippen LogP contribution is 2.43. The molecule has 0 aliphatic carbocycles. The number of nitrogens with one attached hydrogen (secondary N) is 1. The molecule has 4 rings (SSSR count). The second-order valence-electron chi connectivity index (χ2n) is 7.36. The van der Waals surface area contributed by atoms with Crippen molar-refractivity contribution in [3.63, 3.8) is 0 Å². The lowest BCUT2D eigenvalue weighted by Crippen LogP contribution is -2.30. The highest BCUT2D eigenvalue weighted by molar-refractivity contribution is 6.10. The number of amides is 1. The molecule has 0 radical (unpaired) electrons. The van der Waals surface area contributed by atoms with E-state index in [0.29, 0.717) is 29.5 Å². The van der Waals surface area contributed by atoms with Gasteiger partial charge in [-0.1, -0.05) is 19.9 Å². The van der Waals surface area contributed by atoms with Crippen LogP contribution in [0.1, 0.15) is 47.2 Å². The summed E-state index contributed by atoms with van der Waals surface area (Å²) in [7, 11) is 1.49. The number of nitrogens with zero attached hydrogens (tertiary/aromatic N) is 3. The predicted molar refractivity (Wildman–Crippen MR) is 103 cm³/mol. The number of carbonyl (C=O) groups excluding carboxylic acids is 1. The number of aromatic amines is 1. The van der Waals surface area contributed by atoms with Gasteiger partial charge >= 0.3 is 0 Å². The van der Waals surface area contributed by atoms with E-state index >= 15 is 0 Å². The van der Waals surface area contributed by atoms with Crippen LogP contribution in [-0.2, 0) is 6.42 Å². The first kappa shape index (κ1) is 19.0. The molecular weight excluding hydrogens is 378 g/mol. The van der Waals surface area contributed by atoms with E-state index in [-0.39, 0.29) is 17.2 Å². The molecule has 1 unspecified atom stereocenters. The van der Waals surface area contributed by atoms with Crippen LogP contribution in [-0.4, -0.2) is 28.2 Å². The number of ether oxygens (including phenoxy) is 1. The molecule has 1 aliphatic heterocycles. The van der Waals surface area contributed by atoms with Gasteiger partial charge in [-0.15, -0.1) is 0 Å². The summed E-state index contributed by atoms with van der Waals surface area (Å²) in [5, 5.41) is 7.13. The maximum atomic E-state index is 14.8. The summed E-state index contributed by atoms with van der Waals surface area (Å²) >= 11 is 0. The molecule has 1 atom stereocenters. The van der Waals surface area contributed by atoms with Crippen LogP contribution in [0.4, 0.5) is 14.5 Å². The number of methoxy groups -OCH3 is 1. The quantitative estimate of drug-likeness (QED) is 0.704. The molecule has 8 heteroatoms. The number of fused-ring (bicyclic) bond motifs is 1. The van der Waals surface area contributed by atoms with Crippen molar-refractivity contribution in [3.05, 3.63) is 70.7 Å². The molecule has 6 nitrogen and oxygen atoms in total. The first-order valence-electron chi connectivity index (χ1n) is 9.26. The van der Waals surface area contributed by atoms with E-state index in [9.17, 15) is 13.6 Å². The number of anilines is 1. The number of H-pyrrole nitrogens is 1. The van der Waals surface area contributed by atoms with E-state index in [4.69, 9.17) is 4.74 Å². The molecule has 150 valence electrons. The Hall–Kier alpha value is -3.29. The summed E-state index contributed by atoms with van der Waals surface area (Å²) in [4.78, 5) is 18.8. The Morgan fingerprint density at radius 2 is 2.03 bits per heavy atom. The van der Waals surface area contributed by atoms with Gasteiger partial charge in [0.05, 0.1) is 25.0 Å². The number of rotatable bonds is 5. The lowest BCUT2D eigenvalue weighted by molar-refractivity contribution is 0.0988. The summed E-state index contributed by atoms with van der Waals surface area (Å²) in [5.74, 6) is -1.08. The largest absolute Gasteiger partial charge is 0.481 e. The zero-order valence-corrected chi connectivity index (χ0v) is 16.2. The van der Waals surface area contributed by atoms with Gasteiger partial charge in [-0.05, 0) is 24.5 Å². The van der Waals surface area contributed by atoms with Gasteiger partial charge in [-0.3, -0.25) is 14.8 Å². The van der Waals surface area contributed by atoms with Crippen LogP contribution in [0, 0.1) is 17.6 Å². The van der Waals surface area contributed by atoms with E-state index in [2.05, 4.69) is 15.2 Å². The second kappa shape index (κ2) is 7.27. The van der Waals surface area contributed by atoms with E-state index < -0.39 is 17.7 Å². The number of aromatic nitrogens is 3. The number of halogens is 2. The van der Waals surface area contributed by atoms with E-state index in [0.717, 1.165) is 11.8 Å². The van der Waals surface area contributed by atoms with Gasteiger partial charge in [0.2, 0.25) is 5.88 Å². The van der Waals surface area contributed by atoms with Crippen LogP contribution in [0.3, 0.4) is 0 Å². The smallest absolute Gasteiger partial charge is 0.280 e. The lowest BCUT2D eigenvalue weighted by Gasteiger charge is -2.26. The molecule has 1 N–H and O–H groups in total. The number of carbonyl (C=O) groups is 1. The molecule has 29 heavy (non-hydrogen) atoms. The van der Waals surface area contributed by atoms with Crippen molar-refractivity contribution in [1.29, 1.82) is 0 Å². The first-order chi connectivity index (χ1) is 13.9. The third kappa shape index (κ3) is 3.24. The maximum absolute atomic E-state index is 14.8. The molecule has 3 heterocycles. The highest BCUT2D eigenvalue weighted by atomic mass is 19.1. The van der Waals surface area contributed by atoms with E-state index in [1.807, 2.05) is 13.8 Å². The fourth-order valence-electron chi connectivity index (χ4n) is 3.69. The Bertz CT molecular complexity index is 1060. The third-order valence-electron chi connectivity index (χ3n) is 4.91. The minimum Gasteiger partial charge on any atom is -0.481 e. The molecule has 0 bridgehead atoms. The SMILES string of the molecule is COc1ccc(N2C(=O)c3n[nH]c(CC(C)C)c3C2c2ccc(F)cc2F)cn1. The highest BCUT2D eigenvalue weighted by Gasteiger charge is 2.44. The Balaban J connectivity index is 1.89. The lowest BCUT2D eigenvalue weighted by atomic mass is 9.95. The van der Waals surface area contributed by atoms with Crippen LogP contribution in [0.15, 0.2) is 36.5 Å². The number of pyridine rings is 1. The molecule has 1 aromatic carbocycles. The van der Waals surface area contributed by atoms with Crippen LogP contribution in [0.25, 0.3) is 0 Å². The number of hydrogen-bond donors (Lipinski definition) is 1. The standard InChI is InChI=1S/C21H20F2N4O2/c1-11(2)8-16-18-19(26-25-16)21(28)27(13-5-7-17(29-3)24-10-13)20(18)14-6-4-12(22)9-15(14)23/h4-7,9-11,20H,8H2,1-3H3,(H,25,26). The van der Waals surface area contributed by atoms with Gasteiger partial charge < -0.3 is 4.74 Å². The Morgan fingerprint density at radius 1 is 1.24 bits per heavy atom. The summed E-state index contributed by atoms with van der Waals surface area (Å²) in [6.45, 7) is 4.09. The minimum atomic E-state index is -0.777. The molecule has 0 spiro atoms. The first-order valence-corrected chi connectivity index (χ1v) is 9.26. The number of hydrogen-bond acceptors (Lipinski definition) is 4. The Kier molecular flexibility index (Phi) is 4.77. The molecule has 0 saturated heterocycles. The minimum absolute atomic E-state index is 0.195. The van der Waals surface area contributed by atoms with Crippen LogP contribution >= 0.6 is 0 Å². The summed E-state index contributed by atoms with van der Waals surface area (Å²) in [6, 6.07) is 5.90. The van der Waals surface area contributed by atoms with Crippen LogP contribution in [0.2, 0.25) is 0 Å². The van der Waals surface area contributed by atoms with Crippen molar-refractivity contribution in [2.75, 3.05) is 12.0 Å². The van der Waals surface area contributed by atoms with Crippen molar-refractivity contribution < 1.29 is 18.3 Å². The van der Waals surface area contributed by atoms with E-state index in [1.165, 1.54) is 30.3 Å². The van der Waals surface area contributed by atoms with Crippen molar-refractivity contribution in [3.8, 4) is 5.88 Å². The predicted octanol–water partition coefficient (Wildman–Crippen LogP) is 4.04. The van der Waals surface area contributed by atoms with Gasteiger partial charge in [0, 0.05) is 29.0 Å². The molecule has 1 amide bonds. The average Bonchev–Trinajstić information content (AvgIpc) is 3.21. The second-order valence-corrected chi connectivity index (χ2v) is 7.36. The van der Waals surface area contributed by atoms with Gasteiger partial charge in [-0.25, -0.2) is 13.8 Å². The topological polar surface area (TPSA) is 71.1 Å². The monoisotopic (exact) mass is 398 g/mol. The van der Waals surface area contributed by atoms with E-state index in [1.54, 1.807) is 12.1 Å². The summed E-state index contributed by atoms with van der Waals surface area (Å²) in [6.07, 6.45) is 2.13. The molecular formula is C21H20F2N4O2. The van der Waals surface area contributed by atoms with Crippen molar-refractivity contribution in [2.45, 2.75) is 26.3 Å². The Morgan fingerprint density at radius 3 is 2.66 bits per heavy atom. The summed E-state index contributed by atoms with van der Waals surface area (Å²) < 4.78 is 33.4. The van der Waals surface area contributed by atoms with Gasteiger partial charge in [-0.2, -0.15) is 5.10 Å². The van der Waals surface area contributed by atoms with Gasteiger partial charge in [0.1, 0.15) is 11.6 Å². The normalized spacial score (nSPS) is 15.9. The molecule has 3 aromatic rings. The van der Waals surface area contributed by atoms with Gasteiger partial charge in [0.15, 0.2) is 5.69 Å². The average molecular weight is 398 g/mol. The molecule has 2 aromatic heterocycles. The zero-order chi connectivity index (χ0) is 20.7. The third-order valence-corrected chi connectivity index (χ3v) is 4.91. The van der Waals surface area contributed by atoms with Crippen molar-refractivity contribution in [2.24, 2.45) is 5.92 Å². The maximum Gasteiger partial charge on any atom is 0.280 e. The molecule has 1 aliphatic rings. The van der Waals surface area contributed by atoms with Crippen LogP contribution in [0.5, 0.6) is 5.88 Å². The fraction of sp³-hybridized carbons (Fsp3) is 0.286. The molecule has 0 saturated carbocycles. The fourth-order valence-corrected chi connectivity index (χ4v) is 3.69. The Labute approximate surface area is 166 Å². The number of benzene rings is 1. The van der Waals surface area contributed by atoms with Crippen molar-refractivity contribution >= 4 is 11.6 Å². The van der Waals surface area contributed by atoms with Gasteiger partial charge in [0.25, 0.3) is 5.91 Å². The molecule has 0 fully saturated rings. The van der Waals surface area contributed by atoms with Crippen molar-refractivity contribution in [1.82, 2.24) is 15.2 Å². The summed E-state index contributed by atoms with van der Waals surface area (Å²) in [5.41, 5.74) is 2.29. The zero-order valence-electron chi connectivity index (χ0n) is 16.2.